The minimum Gasteiger partial charge on any atom is -0.496 e. The zero-order chi connectivity index (χ0) is 17.3. The predicted octanol–water partition coefficient (Wildman–Crippen LogP) is 4.50. The lowest BCUT2D eigenvalue weighted by molar-refractivity contribution is 0.111. The molecule has 0 aliphatic heterocycles. The summed E-state index contributed by atoms with van der Waals surface area (Å²) in [5, 5.41) is 0. The Morgan fingerprint density at radius 1 is 1.17 bits per heavy atom. The van der Waals surface area contributed by atoms with Crippen molar-refractivity contribution in [2.24, 2.45) is 0 Å². The summed E-state index contributed by atoms with van der Waals surface area (Å²) < 4.78 is 11.1. The first-order valence-electron chi connectivity index (χ1n) is 8.20. The van der Waals surface area contributed by atoms with E-state index in [0.717, 1.165) is 24.7 Å². The highest BCUT2D eigenvalue weighted by Gasteiger charge is 2.12. The van der Waals surface area contributed by atoms with Crippen molar-refractivity contribution in [1.29, 1.82) is 0 Å². The molecular formula is C19H28O3Si. The molecule has 0 aliphatic rings. The van der Waals surface area contributed by atoms with E-state index in [9.17, 15) is 4.79 Å². The van der Waals surface area contributed by atoms with Gasteiger partial charge in [-0.05, 0) is 30.5 Å². The van der Waals surface area contributed by atoms with Gasteiger partial charge in [0.25, 0.3) is 0 Å². The molecule has 0 N–H and O–H groups in total. The molecule has 0 aromatic heterocycles. The largest absolute Gasteiger partial charge is 0.496 e. The number of aldehydes is 1. The van der Waals surface area contributed by atoms with E-state index >= 15 is 0 Å². The van der Waals surface area contributed by atoms with Crippen LogP contribution in [0.15, 0.2) is 12.1 Å². The number of ether oxygens (including phenoxy) is 2. The van der Waals surface area contributed by atoms with Gasteiger partial charge in [-0.2, -0.15) is 0 Å². The van der Waals surface area contributed by atoms with Gasteiger partial charge in [-0.25, -0.2) is 0 Å². The predicted molar refractivity (Wildman–Crippen MR) is 98.2 cm³/mol. The summed E-state index contributed by atoms with van der Waals surface area (Å²) in [5.74, 6) is 4.20. The van der Waals surface area contributed by atoms with Crippen LogP contribution in [0.3, 0.4) is 0 Å². The Balaban J connectivity index is 2.94. The van der Waals surface area contributed by atoms with Crippen LogP contribution in [-0.4, -0.2) is 28.1 Å². The lowest BCUT2D eigenvalue weighted by atomic mass is 10.0. The van der Waals surface area contributed by atoms with E-state index in [1.165, 1.54) is 12.8 Å². The summed E-state index contributed by atoms with van der Waals surface area (Å²) in [7, 11) is 0.173. The number of carbonyl (C=O) groups excluding carboxylic acids is 1. The molecule has 1 rings (SSSR count). The van der Waals surface area contributed by atoms with Crippen molar-refractivity contribution in [3.05, 3.63) is 23.3 Å². The van der Waals surface area contributed by atoms with E-state index in [2.05, 4.69) is 38.0 Å². The average Bonchev–Trinajstić information content (AvgIpc) is 2.50. The minimum absolute atomic E-state index is 0.298. The molecule has 3 nitrogen and oxygen atoms in total. The Hall–Kier alpha value is -1.73. The van der Waals surface area contributed by atoms with Gasteiger partial charge in [0.1, 0.15) is 26.2 Å². The fourth-order valence-corrected chi connectivity index (χ4v) is 2.80. The zero-order valence-electron chi connectivity index (χ0n) is 15.0. The summed E-state index contributed by atoms with van der Waals surface area (Å²) in [6.07, 6.45) is 5.24. The maximum Gasteiger partial charge on any atom is 0.157 e. The molecule has 1 aromatic rings. The zero-order valence-corrected chi connectivity index (χ0v) is 16.0. The molecule has 0 fully saturated rings. The van der Waals surface area contributed by atoms with Crippen LogP contribution in [0.2, 0.25) is 19.6 Å². The number of unbranched alkanes of at least 4 members (excludes halogenated alkanes) is 2. The second-order valence-corrected chi connectivity index (χ2v) is 11.4. The Morgan fingerprint density at radius 3 is 2.43 bits per heavy atom. The number of rotatable bonds is 8. The van der Waals surface area contributed by atoms with Gasteiger partial charge in [-0.3, -0.25) is 4.79 Å². The van der Waals surface area contributed by atoms with E-state index in [-0.39, 0.29) is 0 Å². The topological polar surface area (TPSA) is 35.5 Å². The van der Waals surface area contributed by atoms with Crippen LogP contribution in [0.5, 0.6) is 11.5 Å². The monoisotopic (exact) mass is 332 g/mol. The van der Waals surface area contributed by atoms with Crippen LogP contribution < -0.4 is 9.47 Å². The summed E-state index contributed by atoms with van der Waals surface area (Å²) in [4.78, 5) is 11.4. The lowest BCUT2D eigenvalue weighted by Crippen LogP contribution is -2.16. The van der Waals surface area contributed by atoms with Crippen LogP contribution in [0.25, 0.3) is 0 Å². The SMILES string of the molecule is CCCCCc1cc(OC)c(C=O)c(OCC#C[Si](C)(C)C)c1. The van der Waals surface area contributed by atoms with Crippen molar-refractivity contribution in [1.82, 2.24) is 0 Å². The smallest absolute Gasteiger partial charge is 0.157 e. The first-order valence-corrected chi connectivity index (χ1v) is 11.7. The fraction of sp³-hybridized carbons (Fsp3) is 0.526. The third-order valence-electron chi connectivity index (χ3n) is 3.33. The third-order valence-corrected chi connectivity index (χ3v) is 4.26. The highest BCUT2D eigenvalue weighted by molar-refractivity contribution is 6.83. The molecule has 0 saturated carbocycles. The van der Waals surface area contributed by atoms with Crippen LogP contribution in [-0.2, 0) is 6.42 Å². The highest BCUT2D eigenvalue weighted by Crippen LogP contribution is 2.30. The maximum atomic E-state index is 11.4. The van der Waals surface area contributed by atoms with E-state index in [0.29, 0.717) is 23.7 Å². The average molecular weight is 333 g/mol. The van der Waals surface area contributed by atoms with Crippen LogP contribution in [0, 0.1) is 11.5 Å². The molecule has 0 bridgehead atoms. The van der Waals surface area contributed by atoms with E-state index < -0.39 is 8.07 Å². The van der Waals surface area contributed by atoms with Gasteiger partial charge in [0.15, 0.2) is 6.29 Å². The second kappa shape index (κ2) is 9.42. The molecule has 1 aromatic carbocycles. The summed E-state index contributed by atoms with van der Waals surface area (Å²) in [6, 6.07) is 3.87. The number of benzene rings is 1. The van der Waals surface area contributed by atoms with Crippen molar-refractivity contribution >= 4 is 14.4 Å². The molecule has 0 heterocycles. The molecular weight excluding hydrogens is 304 g/mol. The number of carbonyl (C=O) groups is 1. The van der Waals surface area contributed by atoms with E-state index in [1.54, 1.807) is 7.11 Å². The second-order valence-electron chi connectivity index (χ2n) is 6.63. The minimum atomic E-state index is -1.40. The van der Waals surface area contributed by atoms with Crippen molar-refractivity contribution in [2.45, 2.75) is 52.2 Å². The number of hydrogen-bond donors (Lipinski definition) is 0. The quantitative estimate of drug-likeness (QED) is 0.304. The molecule has 0 radical (unpaired) electrons. The molecule has 0 aliphatic carbocycles. The van der Waals surface area contributed by atoms with Crippen molar-refractivity contribution < 1.29 is 14.3 Å². The molecule has 0 atom stereocenters. The first-order chi connectivity index (χ1) is 10.9. The van der Waals surface area contributed by atoms with E-state index in [1.807, 2.05) is 12.1 Å². The van der Waals surface area contributed by atoms with Crippen molar-refractivity contribution in [3.8, 4) is 23.0 Å². The highest BCUT2D eigenvalue weighted by atomic mass is 28.3. The summed E-state index contributed by atoms with van der Waals surface area (Å²) >= 11 is 0. The van der Waals surface area contributed by atoms with Gasteiger partial charge in [-0.1, -0.05) is 45.3 Å². The van der Waals surface area contributed by atoms with Gasteiger partial charge in [-0.15, -0.1) is 5.54 Å². The van der Waals surface area contributed by atoms with Crippen molar-refractivity contribution in [2.75, 3.05) is 13.7 Å². The number of methoxy groups -OCH3 is 1. The van der Waals surface area contributed by atoms with Gasteiger partial charge in [0, 0.05) is 0 Å². The first kappa shape index (κ1) is 19.3. The lowest BCUT2D eigenvalue weighted by Gasteiger charge is -2.13. The molecule has 4 heteroatoms. The number of hydrogen-bond acceptors (Lipinski definition) is 3. The van der Waals surface area contributed by atoms with Gasteiger partial charge < -0.3 is 9.47 Å². The Kier molecular flexibility index (Phi) is 7.91. The van der Waals surface area contributed by atoms with Crippen LogP contribution in [0.1, 0.15) is 42.1 Å². The fourth-order valence-electron chi connectivity index (χ4n) is 2.20. The Morgan fingerprint density at radius 2 is 1.87 bits per heavy atom. The molecule has 23 heavy (non-hydrogen) atoms. The molecule has 0 saturated heterocycles. The summed E-state index contributed by atoms with van der Waals surface area (Å²) in [5.41, 5.74) is 4.85. The third kappa shape index (κ3) is 6.92. The molecule has 0 spiro atoms. The Labute approximate surface area is 141 Å². The normalized spacial score (nSPS) is 10.7. The molecule has 0 unspecified atom stereocenters. The molecule has 126 valence electrons. The van der Waals surface area contributed by atoms with Gasteiger partial charge in [0.2, 0.25) is 0 Å². The van der Waals surface area contributed by atoms with Gasteiger partial charge >= 0.3 is 0 Å². The standard InChI is InChI=1S/C19H28O3Si/c1-6-7-8-10-16-13-18(21-2)17(15-20)19(14-16)22-11-9-12-23(3,4)5/h13-15H,6-8,10-11H2,1-5H3. The van der Waals surface area contributed by atoms with Crippen LogP contribution >= 0.6 is 0 Å². The maximum absolute atomic E-state index is 11.4. The van der Waals surface area contributed by atoms with Crippen molar-refractivity contribution in [3.63, 3.8) is 0 Å². The number of aryl methyl sites for hydroxylation is 1. The summed E-state index contributed by atoms with van der Waals surface area (Å²) in [6.45, 7) is 9.05. The molecule has 0 amide bonds. The van der Waals surface area contributed by atoms with Crippen LogP contribution in [0.4, 0.5) is 0 Å². The Bertz CT molecular complexity index is 577. The van der Waals surface area contributed by atoms with E-state index in [4.69, 9.17) is 9.47 Å². The van der Waals surface area contributed by atoms with Gasteiger partial charge in [0.05, 0.1) is 12.7 Å².